The molecular weight excluding hydrogens is 293 g/mol. The van der Waals surface area contributed by atoms with Crippen LogP contribution < -0.4 is 10.6 Å². The minimum absolute atomic E-state index is 0.327. The van der Waals surface area contributed by atoms with Crippen LogP contribution in [0.5, 0.6) is 0 Å². The van der Waals surface area contributed by atoms with Crippen molar-refractivity contribution >= 4 is 17.5 Å². The third-order valence-corrected chi connectivity index (χ3v) is 4.03. The molecule has 7 heteroatoms. The fourth-order valence-corrected chi connectivity index (χ4v) is 2.81. The average Bonchev–Trinajstić information content (AvgIpc) is 2.99. The minimum Gasteiger partial charge on any atom is -0.339 e. The van der Waals surface area contributed by atoms with Crippen LogP contribution in [0.4, 0.5) is 10.3 Å². The summed E-state index contributed by atoms with van der Waals surface area (Å²) >= 11 is 5.91. The second kappa shape index (κ2) is 5.99. The largest absolute Gasteiger partial charge is 0.339 e. The minimum atomic E-state index is -0.374. The van der Waals surface area contributed by atoms with Gasteiger partial charge in [-0.05, 0) is 43.5 Å². The van der Waals surface area contributed by atoms with Crippen LogP contribution in [-0.2, 0) is 0 Å². The number of nitrogens with one attached hydrogen (secondary N) is 1. The fourth-order valence-electron chi connectivity index (χ4n) is 2.63. The molecule has 2 aromatic rings. The van der Waals surface area contributed by atoms with Crippen LogP contribution in [0.25, 0.3) is 11.4 Å². The number of aromatic amines is 1. The van der Waals surface area contributed by atoms with Crippen molar-refractivity contribution in [2.45, 2.75) is 12.8 Å². The maximum atomic E-state index is 13.8. The molecule has 1 aliphatic rings. The number of hydrogen-bond acceptors (Lipinski definition) is 4. The van der Waals surface area contributed by atoms with E-state index in [-0.39, 0.29) is 5.82 Å². The van der Waals surface area contributed by atoms with Gasteiger partial charge in [-0.3, -0.25) is 5.10 Å². The normalized spacial score (nSPS) is 19.0. The van der Waals surface area contributed by atoms with E-state index in [0.29, 0.717) is 34.8 Å². The van der Waals surface area contributed by atoms with Gasteiger partial charge in [0.1, 0.15) is 5.82 Å². The Kier molecular flexibility index (Phi) is 4.07. The average molecular weight is 310 g/mol. The van der Waals surface area contributed by atoms with Gasteiger partial charge in [-0.1, -0.05) is 11.6 Å². The van der Waals surface area contributed by atoms with E-state index in [2.05, 4.69) is 20.1 Å². The van der Waals surface area contributed by atoms with Crippen LogP contribution in [0.1, 0.15) is 12.8 Å². The van der Waals surface area contributed by atoms with Crippen molar-refractivity contribution < 1.29 is 4.39 Å². The number of aromatic nitrogens is 3. The van der Waals surface area contributed by atoms with Gasteiger partial charge in [0.15, 0.2) is 5.82 Å². The van der Waals surface area contributed by atoms with E-state index in [4.69, 9.17) is 17.3 Å². The second-order valence-electron chi connectivity index (χ2n) is 5.30. The smallest absolute Gasteiger partial charge is 0.245 e. The SMILES string of the molecule is NCC1CCCN(c2n[nH]c(-c3cc(Cl)ccc3F)n2)C1. The highest BCUT2D eigenvalue weighted by atomic mass is 35.5. The van der Waals surface area contributed by atoms with Gasteiger partial charge in [0.05, 0.1) is 5.56 Å². The summed E-state index contributed by atoms with van der Waals surface area (Å²) in [5, 5.41) is 7.45. The first-order valence-electron chi connectivity index (χ1n) is 7.00. The fraction of sp³-hybridized carbons (Fsp3) is 0.429. The first kappa shape index (κ1) is 14.3. The lowest BCUT2D eigenvalue weighted by molar-refractivity contribution is 0.420. The molecule has 1 atom stereocenters. The Bertz CT molecular complexity index is 630. The molecule has 1 unspecified atom stereocenters. The van der Waals surface area contributed by atoms with Crippen molar-refractivity contribution in [1.29, 1.82) is 0 Å². The van der Waals surface area contributed by atoms with Gasteiger partial charge >= 0.3 is 0 Å². The summed E-state index contributed by atoms with van der Waals surface area (Å²) in [4.78, 5) is 6.48. The summed E-state index contributed by atoms with van der Waals surface area (Å²) in [6, 6.07) is 4.37. The zero-order chi connectivity index (χ0) is 14.8. The van der Waals surface area contributed by atoms with E-state index in [9.17, 15) is 4.39 Å². The van der Waals surface area contributed by atoms with E-state index >= 15 is 0 Å². The number of anilines is 1. The molecule has 1 aromatic carbocycles. The Labute approximate surface area is 127 Å². The zero-order valence-corrected chi connectivity index (χ0v) is 12.3. The molecule has 112 valence electrons. The summed E-state index contributed by atoms with van der Waals surface area (Å²) in [5.41, 5.74) is 6.06. The van der Waals surface area contributed by atoms with Crippen molar-refractivity contribution in [3.05, 3.63) is 29.0 Å². The van der Waals surface area contributed by atoms with E-state index in [1.54, 1.807) is 6.07 Å². The highest BCUT2D eigenvalue weighted by molar-refractivity contribution is 6.30. The maximum Gasteiger partial charge on any atom is 0.245 e. The van der Waals surface area contributed by atoms with Crippen LogP contribution in [0.15, 0.2) is 18.2 Å². The molecule has 0 amide bonds. The van der Waals surface area contributed by atoms with E-state index in [0.717, 1.165) is 25.9 Å². The molecule has 0 saturated carbocycles. The lowest BCUT2D eigenvalue weighted by Gasteiger charge is -2.31. The van der Waals surface area contributed by atoms with Crippen LogP contribution in [0.2, 0.25) is 5.02 Å². The lowest BCUT2D eigenvalue weighted by Crippen LogP contribution is -2.38. The molecule has 1 fully saturated rings. The molecule has 1 aromatic heterocycles. The monoisotopic (exact) mass is 309 g/mol. The number of nitrogens with two attached hydrogens (primary N) is 1. The Morgan fingerprint density at radius 3 is 3.14 bits per heavy atom. The Hall–Kier alpha value is -1.66. The number of piperidine rings is 1. The number of rotatable bonds is 3. The van der Waals surface area contributed by atoms with Crippen molar-refractivity contribution in [3.8, 4) is 11.4 Å². The van der Waals surface area contributed by atoms with Gasteiger partial charge in [-0.15, -0.1) is 5.10 Å². The third-order valence-electron chi connectivity index (χ3n) is 3.79. The predicted molar refractivity (Wildman–Crippen MR) is 80.8 cm³/mol. The Morgan fingerprint density at radius 2 is 2.33 bits per heavy atom. The van der Waals surface area contributed by atoms with Gasteiger partial charge in [0.25, 0.3) is 0 Å². The maximum absolute atomic E-state index is 13.8. The predicted octanol–water partition coefficient (Wildman–Crippen LogP) is 2.44. The van der Waals surface area contributed by atoms with E-state index in [1.807, 2.05) is 0 Å². The van der Waals surface area contributed by atoms with Crippen LogP contribution in [0, 0.1) is 11.7 Å². The topological polar surface area (TPSA) is 70.8 Å². The zero-order valence-electron chi connectivity index (χ0n) is 11.5. The van der Waals surface area contributed by atoms with E-state index < -0.39 is 0 Å². The number of halogens is 2. The molecule has 0 spiro atoms. The number of nitrogens with zero attached hydrogens (tertiary/aromatic N) is 3. The van der Waals surface area contributed by atoms with Crippen LogP contribution in [-0.4, -0.2) is 34.8 Å². The van der Waals surface area contributed by atoms with Gasteiger partial charge < -0.3 is 10.6 Å². The molecule has 2 heterocycles. The van der Waals surface area contributed by atoms with Crippen molar-refractivity contribution in [1.82, 2.24) is 15.2 Å². The molecular formula is C14H17ClFN5. The standard InChI is InChI=1S/C14H17ClFN5/c15-10-3-4-12(16)11(6-10)13-18-14(20-19-13)21-5-1-2-9(7-17)8-21/h3-4,6,9H,1-2,5,7-8,17H2,(H,18,19,20). The number of H-pyrrole nitrogens is 1. The highest BCUT2D eigenvalue weighted by Crippen LogP contribution is 2.26. The molecule has 0 bridgehead atoms. The van der Waals surface area contributed by atoms with Crippen molar-refractivity contribution in [2.24, 2.45) is 11.7 Å². The van der Waals surface area contributed by atoms with Crippen molar-refractivity contribution in [3.63, 3.8) is 0 Å². The van der Waals surface area contributed by atoms with Gasteiger partial charge in [-0.25, -0.2) is 4.39 Å². The van der Waals surface area contributed by atoms with E-state index in [1.165, 1.54) is 12.1 Å². The molecule has 0 aliphatic carbocycles. The summed E-state index contributed by atoms with van der Waals surface area (Å²) in [7, 11) is 0. The molecule has 1 saturated heterocycles. The lowest BCUT2D eigenvalue weighted by atomic mass is 9.99. The summed E-state index contributed by atoms with van der Waals surface area (Å²) in [6.45, 7) is 2.40. The molecule has 3 N–H and O–H groups in total. The van der Waals surface area contributed by atoms with Gasteiger partial charge in [-0.2, -0.15) is 4.98 Å². The third kappa shape index (κ3) is 3.01. The number of benzene rings is 1. The first-order valence-corrected chi connectivity index (χ1v) is 7.38. The first-order chi connectivity index (χ1) is 10.2. The van der Waals surface area contributed by atoms with Gasteiger partial charge in [0.2, 0.25) is 5.95 Å². The second-order valence-corrected chi connectivity index (χ2v) is 5.73. The molecule has 3 rings (SSSR count). The Balaban J connectivity index is 1.84. The molecule has 0 radical (unpaired) electrons. The number of hydrogen-bond donors (Lipinski definition) is 2. The molecule has 1 aliphatic heterocycles. The quantitative estimate of drug-likeness (QED) is 0.913. The van der Waals surface area contributed by atoms with Crippen LogP contribution >= 0.6 is 11.6 Å². The Morgan fingerprint density at radius 1 is 1.48 bits per heavy atom. The van der Waals surface area contributed by atoms with Crippen LogP contribution in [0.3, 0.4) is 0 Å². The summed E-state index contributed by atoms with van der Waals surface area (Å²) < 4.78 is 13.8. The van der Waals surface area contributed by atoms with Gasteiger partial charge in [0, 0.05) is 18.1 Å². The summed E-state index contributed by atoms with van der Waals surface area (Å²) in [5.74, 6) is 1.06. The molecule has 21 heavy (non-hydrogen) atoms. The summed E-state index contributed by atoms with van der Waals surface area (Å²) in [6.07, 6.45) is 2.20. The molecule has 5 nitrogen and oxygen atoms in total. The van der Waals surface area contributed by atoms with Crippen molar-refractivity contribution in [2.75, 3.05) is 24.5 Å². The highest BCUT2D eigenvalue weighted by Gasteiger charge is 2.22.